The standard InChI is InChI=1S/C21H31N3O2/c1-14-3-2-4-15(11-14)18(24-7-9-26-10-8-24)13-23-21(25)19-16-5-6-17(12-16)20(19)22/h2-4,11,16-20H,5-10,12-13,22H2,1H3,(H,23,25). The fourth-order valence-electron chi connectivity index (χ4n) is 5.26. The lowest BCUT2D eigenvalue weighted by Crippen LogP contribution is -2.48. The van der Waals surface area contributed by atoms with Crippen molar-refractivity contribution in [2.24, 2.45) is 23.5 Å². The van der Waals surface area contributed by atoms with Gasteiger partial charge in [0.1, 0.15) is 0 Å². The van der Waals surface area contributed by atoms with Crippen LogP contribution in [0, 0.1) is 24.7 Å². The SMILES string of the molecule is Cc1cccc(C(CNC(=O)C2C3CCC(C3)C2N)N2CCOCC2)c1. The molecule has 5 nitrogen and oxygen atoms in total. The predicted molar refractivity (Wildman–Crippen MR) is 102 cm³/mol. The Bertz CT molecular complexity index is 642. The van der Waals surface area contributed by atoms with E-state index < -0.39 is 0 Å². The fraction of sp³-hybridized carbons (Fsp3) is 0.667. The number of amides is 1. The van der Waals surface area contributed by atoms with E-state index in [-0.39, 0.29) is 23.9 Å². The summed E-state index contributed by atoms with van der Waals surface area (Å²) in [5.41, 5.74) is 8.88. The van der Waals surface area contributed by atoms with Gasteiger partial charge >= 0.3 is 0 Å². The molecule has 2 aliphatic carbocycles. The van der Waals surface area contributed by atoms with Gasteiger partial charge in [0.2, 0.25) is 5.91 Å². The molecule has 5 unspecified atom stereocenters. The molecule has 5 atom stereocenters. The van der Waals surface area contributed by atoms with Gasteiger partial charge in [-0.25, -0.2) is 0 Å². The first-order valence-corrected chi connectivity index (χ1v) is 10.0. The van der Waals surface area contributed by atoms with E-state index in [1.165, 1.54) is 24.0 Å². The molecule has 4 rings (SSSR count). The second-order valence-corrected chi connectivity index (χ2v) is 8.26. The van der Waals surface area contributed by atoms with E-state index in [0.717, 1.165) is 32.7 Å². The molecule has 26 heavy (non-hydrogen) atoms. The van der Waals surface area contributed by atoms with Gasteiger partial charge in [0.25, 0.3) is 0 Å². The number of hydrogen-bond acceptors (Lipinski definition) is 4. The molecular weight excluding hydrogens is 326 g/mol. The summed E-state index contributed by atoms with van der Waals surface area (Å²) in [7, 11) is 0. The molecule has 1 heterocycles. The highest BCUT2D eigenvalue weighted by Crippen LogP contribution is 2.47. The summed E-state index contributed by atoms with van der Waals surface area (Å²) < 4.78 is 5.52. The van der Waals surface area contributed by atoms with Crippen LogP contribution in [0.5, 0.6) is 0 Å². The second kappa shape index (κ2) is 7.67. The predicted octanol–water partition coefficient (Wildman–Crippen LogP) is 1.86. The molecule has 0 spiro atoms. The highest BCUT2D eigenvalue weighted by molar-refractivity contribution is 5.80. The Hall–Kier alpha value is -1.43. The lowest BCUT2D eigenvalue weighted by atomic mass is 9.84. The number of fused-ring (bicyclic) bond motifs is 2. The Morgan fingerprint density at radius 2 is 2.08 bits per heavy atom. The number of morpholine rings is 1. The van der Waals surface area contributed by atoms with E-state index in [4.69, 9.17) is 10.5 Å². The van der Waals surface area contributed by atoms with Crippen LogP contribution in [0.4, 0.5) is 0 Å². The quantitative estimate of drug-likeness (QED) is 0.844. The second-order valence-electron chi connectivity index (χ2n) is 8.26. The Morgan fingerprint density at radius 1 is 1.31 bits per heavy atom. The first kappa shape index (κ1) is 18.0. The van der Waals surface area contributed by atoms with E-state index in [0.29, 0.717) is 18.4 Å². The summed E-state index contributed by atoms with van der Waals surface area (Å²) in [6.07, 6.45) is 3.51. The van der Waals surface area contributed by atoms with Crippen LogP contribution in [-0.2, 0) is 9.53 Å². The van der Waals surface area contributed by atoms with Crippen molar-refractivity contribution in [3.05, 3.63) is 35.4 Å². The van der Waals surface area contributed by atoms with Crippen molar-refractivity contribution in [1.82, 2.24) is 10.2 Å². The molecule has 1 aliphatic heterocycles. The van der Waals surface area contributed by atoms with Crippen LogP contribution in [0.15, 0.2) is 24.3 Å². The third-order valence-corrected chi connectivity index (χ3v) is 6.67. The van der Waals surface area contributed by atoms with Gasteiger partial charge in [-0.15, -0.1) is 0 Å². The molecule has 1 aromatic carbocycles. The van der Waals surface area contributed by atoms with Crippen LogP contribution in [0.25, 0.3) is 0 Å². The molecule has 3 fully saturated rings. The molecule has 0 aromatic heterocycles. The van der Waals surface area contributed by atoms with E-state index >= 15 is 0 Å². The Morgan fingerprint density at radius 3 is 2.77 bits per heavy atom. The largest absolute Gasteiger partial charge is 0.379 e. The van der Waals surface area contributed by atoms with Crippen molar-refractivity contribution in [1.29, 1.82) is 0 Å². The van der Waals surface area contributed by atoms with Crippen molar-refractivity contribution < 1.29 is 9.53 Å². The first-order valence-electron chi connectivity index (χ1n) is 10.0. The van der Waals surface area contributed by atoms with E-state index in [1.54, 1.807) is 0 Å². The summed E-state index contributed by atoms with van der Waals surface area (Å²) in [5.74, 6) is 1.23. The smallest absolute Gasteiger partial charge is 0.225 e. The minimum Gasteiger partial charge on any atom is -0.379 e. The van der Waals surface area contributed by atoms with Crippen molar-refractivity contribution in [3.63, 3.8) is 0 Å². The van der Waals surface area contributed by atoms with Crippen molar-refractivity contribution >= 4 is 5.91 Å². The average molecular weight is 357 g/mol. The molecular formula is C21H31N3O2. The minimum absolute atomic E-state index is 0.0107. The highest BCUT2D eigenvalue weighted by atomic mass is 16.5. The van der Waals surface area contributed by atoms with Gasteiger partial charge in [-0.05, 0) is 43.6 Å². The maximum Gasteiger partial charge on any atom is 0.225 e. The maximum absolute atomic E-state index is 12.9. The number of carbonyl (C=O) groups is 1. The van der Waals surface area contributed by atoms with Crippen LogP contribution in [0.3, 0.4) is 0 Å². The number of nitrogens with one attached hydrogen (secondary N) is 1. The van der Waals surface area contributed by atoms with Gasteiger partial charge in [-0.2, -0.15) is 0 Å². The van der Waals surface area contributed by atoms with Crippen molar-refractivity contribution in [2.75, 3.05) is 32.8 Å². The zero-order chi connectivity index (χ0) is 18.1. The van der Waals surface area contributed by atoms with Gasteiger partial charge < -0.3 is 15.8 Å². The number of ether oxygens (including phenoxy) is 1. The Kier molecular flexibility index (Phi) is 5.30. The van der Waals surface area contributed by atoms with Crippen LogP contribution in [0.1, 0.15) is 36.4 Å². The molecule has 1 aromatic rings. The summed E-state index contributed by atoms with van der Waals surface area (Å²) in [6.45, 7) is 6.08. The number of nitrogens with two attached hydrogens (primary N) is 1. The van der Waals surface area contributed by atoms with Crippen LogP contribution >= 0.6 is 0 Å². The number of aryl methyl sites for hydroxylation is 1. The van der Waals surface area contributed by atoms with E-state index in [9.17, 15) is 4.79 Å². The molecule has 3 N–H and O–H groups in total. The van der Waals surface area contributed by atoms with Gasteiger partial charge in [-0.1, -0.05) is 29.8 Å². The fourth-order valence-corrected chi connectivity index (χ4v) is 5.26. The zero-order valence-corrected chi connectivity index (χ0v) is 15.7. The molecule has 1 amide bonds. The van der Waals surface area contributed by atoms with Gasteiger partial charge in [0.15, 0.2) is 0 Å². The molecule has 5 heteroatoms. The Balaban J connectivity index is 1.45. The summed E-state index contributed by atoms with van der Waals surface area (Å²) in [4.78, 5) is 15.3. The molecule has 3 aliphatic rings. The third kappa shape index (κ3) is 3.53. The summed E-state index contributed by atoms with van der Waals surface area (Å²) in [5, 5.41) is 3.25. The van der Waals surface area contributed by atoms with Crippen LogP contribution in [-0.4, -0.2) is 49.7 Å². The normalized spacial score (nSPS) is 32.5. The van der Waals surface area contributed by atoms with E-state index in [1.807, 2.05) is 0 Å². The summed E-state index contributed by atoms with van der Waals surface area (Å²) in [6, 6.07) is 8.86. The lowest BCUT2D eigenvalue weighted by Gasteiger charge is -2.35. The number of nitrogens with zero attached hydrogens (tertiary/aromatic N) is 1. The number of rotatable bonds is 5. The molecule has 2 saturated carbocycles. The Labute approximate surface area is 156 Å². The van der Waals surface area contributed by atoms with Crippen molar-refractivity contribution in [3.8, 4) is 0 Å². The van der Waals surface area contributed by atoms with Crippen molar-refractivity contribution in [2.45, 2.75) is 38.3 Å². The zero-order valence-electron chi connectivity index (χ0n) is 15.7. The van der Waals surface area contributed by atoms with E-state index in [2.05, 4.69) is 41.4 Å². The molecule has 142 valence electrons. The minimum atomic E-state index is 0.0107. The monoisotopic (exact) mass is 357 g/mol. The highest BCUT2D eigenvalue weighted by Gasteiger charge is 2.49. The first-order chi connectivity index (χ1) is 12.6. The summed E-state index contributed by atoms with van der Waals surface area (Å²) >= 11 is 0. The topological polar surface area (TPSA) is 67.6 Å². The van der Waals surface area contributed by atoms with Crippen LogP contribution in [0.2, 0.25) is 0 Å². The van der Waals surface area contributed by atoms with Gasteiger partial charge in [-0.3, -0.25) is 9.69 Å². The van der Waals surface area contributed by atoms with Gasteiger partial charge in [0, 0.05) is 25.7 Å². The van der Waals surface area contributed by atoms with Crippen LogP contribution < -0.4 is 11.1 Å². The number of hydrogen-bond donors (Lipinski definition) is 2. The number of benzene rings is 1. The average Bonchev–Trinajstić information content (AvgIpc) is 3.24. The maximum atomic E-state index is 12.9. The molecule has 1 saturated heterocycles. The van der Waals surface area contributed by atoms with Gasteiger partial charge in [0.05, 0.1) is 25.2 Å². The third-order valence-electron chi connectivity index (χ3n) is 6.67. The molecule has 0 radical (unpaired) electrons. The number of carbonyl (C=O) groups excluding carboxylic acids is 1. The molecule has 2 bridgehead atoms. The lowest BCUT2D eigenvalue weighted by molar-refractivity contribution is -0.127.